The van der Waals surface area contributed by atoms with E-state index in [0.29, 0.717) is 29.2 Å². The van der Waals surface area contributed by atoms with Gasteiger partial charge in [-0.1, -0.05) is 54.6 Å². The predicted octanol–water partition coefficient (Wildman–Crippen LogP) is 3.62. The standard InChI is InChI=1S/C19H18N4O2/c1-3-8-14-15(19(24)25)11-18(20-16(14)4-2)23-12-17(21-22-23)13-9-6-5-7-10-13/h3,5-12H,4H2,1-2H3,(H,24,25). The SMILES string of the molecule is CC=Cc1c(C(=O)O)cc(-n2cc(-c3ccccc3)nn2)nc1CC. The summed E-state index contributed by atoms with van der Waals surface area (Å²) in [7, 11) is 0. The van der Waals surface area contributed by atoms with Crippen LogP contribution >= 0.6 is 0 Å². The molecule has 25 heavy (non-hydrogen) atoms. The number of nitrogens with zero attached hydrogens (tertiary/aromatic N) is 4. The van der Waals surface area contributed by atoms with Crippen LogP contribution in [0.2, 0.25) is 0 Å². The second kappa shape index (κ2) is 7.09. The van der Waals surface area contributed by atoms with Crippen LogP contribution in [0.5, 0.6) is 0 Å². The van der Waals surface area contributed by atoms with E-state index in [2.05, 4.69) is 15.3 Å². The smallest absolute Gasteiger partial charge is 0.336 e. The summed E-state index contributed by atoms with van der Waals surface area (Å²) in [4.78, 5) is 16.2. The molecular weight excluding hydrogens is 316 g/mol. The third-order valence-electron chi connectivity index (χ3n) is 3.82. The molecule has 6 nitrogen and oxygen atoms in total. The van der Waals surface area contributed by atoms with E-state index >= 15 is 0 Å². The zero-order chi connectivity index (χ0) is 17.8. The summed E-state index contributed by atoms with van der Waals surface area (Å²) in [6, 6.07) is 11.2. The van der Waals surface area contributed by atoms with E-state index in [0.717, 1.165) is 5.56 Å². The quantitative estimate of drug-likeness (QED) is 0.770. The molecule has 0 amide bonds. The predicted molar refractivity (Wildman–Crippen MR) is 95.6 cm³/mol. The number of benzene rings is 1. The number of aryl methyl sites for hydroxylation is 1. The normalized spacial score (nSPS) is 11.1. The average molecular weight is 334 g/mol. The van der Waals surface area contributed by atoms with Crippen molar-refractivity contribution in [2.24, 2.45) is 0 Å². The van der Waals surface area contributed by atoms with Gasteiger partial charge in [0.25, 0.3) is 0 Å². The van der Waals surface area contributed by atoms with Crippen molar-refractivity contribution in [1.82, 2.24) is 20.0 Å². The maximum Gasteiger partial charge on any atom is 0.336 e. The lowest BCUT2D eigenvalue weighted by Crippen LogP contribution is -2.09. The average Bonchev–Trinajstić information content (AvgIpc) is 3.12. The van der Waals surface area contributed by atoms with Crippen LogP contribution in [0.4, 0.5) is 0 Å². The number of rotatable bonds is 5. The number of carbonyl (C=O) groups is 1. The van der Waals surface area contributed by atoms with Gasteiger partial charge >= 0.3 is 5.97 Å². The van der Waals surface area contributed by atoms with E-state index in [-0.39, 0.29) is 5.56 Å². The summed E-state index contributed by atoms with van der Waals surface area (Å²) in [5, 5.41) is 17.8. The van der Waals surface area contributed by atoms with E-state index in [1.165, 1.54) is 10.7 Å². The third kappa shape index (κ3) is 3.33. The van der Waals surface area contributed by atoms with Gasteiger partial charge in [-0.15, -0.1) is 5.10 Å². The molecule has 0 saturated carbocycles. The maximum atomic E-state index is 11.7. The maximum absolute atomic E-state index is 11.7. The molecular formula is C19H18N4O2. The Balaban J connectivity index is 2.10. The van der Waals surface area contributed by atoms with Crippen LogP contribution in [0.1, 0.15) is 35.5 Å². The molecule has 0 spiro atoms. The first kappa shape index (κ1) is 16.6. The van der Waals surface area contributed by atoms with E-state index in [1.807, 2.05) is 50.3 Å². The first-order valence-electron chi connectivity index (χ1n) is 8.02. The Hall–Kier alpha value is -3.28. The molecule has 0 aliphatic carbocycles. The summed E-state index contributed by atoms with van der Waals surface area (Å²) < 4.78 is 1.51. The molecule has 0 fully saturated rings. The summed E-state index contributed by atoms with van der Waals surface area (Å²) >= 11 is 0. The van der Waals surface area contributed by atoms with Crippen molar-refractivity contribution in [2.45, 2.75) is 20.3 Å². The van der Waals surface area contributed by atoms with Crippen LogP contribution < -0.4 is 0 Å². The zero-order valence-electron chi connectivity index (χ0n) is 14.0. The molecule has 2 aromatic heterocycles. The Morgan fingerprint density at radius 3 is 2.68 bits per heavy atom. The van der Waals surface area contributed by atoms with E-state index in [4.69, 9.17) is 0 Å². The highest BCUT2D eigenvalue weighted by Crippen LogP contribution is 2.21. The molecule has 0 radical (unpaired) electrons. The number of allylic oxidation sites excluding steroid dienone is 1. The molecule has 0 bridgehead atoms. The third-order valence-corrected chi connectivity index (χ3v) is 3.82. The van der Waals surface area contributed by atoms with Gasteiger partial charge in [0.1, 0.15) is 5.69 Å². The van der Waals surface area contributed by atoms with Crippen LogP contribution in [0.15, 0.2) is 48.7 Å². The minimum absolute atomic E-state index is 0.205. The van der Waals surface area contributed by atoms with Gasteiger partial charge in [0.2, 0.25) is 0 Å². The first-order chi connectivity index (χ1) is 12.1. The Labute approximate surface area is 145 Å². The molecule has 0 atom stereocenters. The van der Waals surface area contributed by atoms with Crippen LogP contribution in [0.3, 0.4) is 0 Å². The fraction of sp³-hybridized carbons (Fsp3) is 0.158. The monoisotopic (exact) mass is 334 g/mol. The highest BCUT2D eigenvalue weighted by molar-refractivity contribution is 5.93. The van der Waals surface area contributed by atoms with Crippen LogP contribution in [-0.2, 0) is 6.42 Å². The molecule has 0 saturated heterocycles. The van der Waals surface area contributed by atoms with Gasteiger partial charge in [-0.25, -0.2) is 14.5 Å². The van der Waals surface area contributed by atoms with Crippen LogP contribution in [-0.4, -0.2) is 31.1 Å². The molecule has 0 unspecified atom stereocenters. The van der Waals surface area contributed by atoms with E-state index in [1.54, 1.807) is 12.3 Å². The molecule has 0 aliphatic rings. The Bertz CT molecular complexity index is 930. The summed E-state index contributed by atoms with van der Waals surface area (Å²) in [6.07, 6.45) is 5.95. The number of pyridine rings is 1. The lowest BCUT2D eigenvalue weighted by Gasteiger charge is -2.10. The van der Waals surface area contributed by atoms with E-state index in [9.17, 15) is 9.90 Å². The number of aromatic nitrogens is 4. The van der Waals surface area contributed by atoms with Crippen molar-refractivity contribution in [3.05, 3.63) is 65.5 Å². The van der Waals surface area contributed by atoms with Crippen molar-refractivity contribution >= 4 is 12.0 Å². The summed E-state index contributed by atoms with van der Waals surface area (Å²) in [5.74, 6) is -0.549. The second-order valence-electron chi connectivity index (χ2n) is 5.46. The van der Waals surface area contributed by atoms with E-state index < -0.39 is 5.97 Å². The van der Waals surface area contributed by atoms with Gasteiger partial charge in [0.05, 0.1) is 17.5 Å². The number of carboxylic acids is 1. The molecule has 6 heteroatoms. The van der Waals surface area contributed by atoms with Crippen molar-refractivity contribution in [2.75, 3.05) is 0 Å². The highest BCUT2D eigenvalue weighted by atomic mass is 16.4. The Morgan fingerprint density at radius 1 is 1.28 bits per heavy atom. The molecule has 1 N–H and O–H groups in total. The molecule has 0 aliphatic heterocycles. The van der Waals surface area contributed by atoms with Crippen molar-refractivity contribution < 1.29 is 9.90 Å². The molecule has 2 heterocycles. The zero-order valence-corrected chi connectivity index (χ0v) is 14.0. The van der Waals surface area contributed by atoms with Gasteiger partial charge < -0.3 is 5.11 Å². The number of carboxylic acid groups (broad SMARTS) is 1. The van der Waals surface area contributed by atoms with Gasteiger partial charge in [-0.2, -0.15) is 0 Å². The molecule has 3 rings (SSSR count). The molecule has 3 aromatic rings. The van der Waals surface area contributed by atoms with Crippen LogP contribution in [0, 0.1) is 0 Å². The molecule has 1 aromatic carbocycles. The van der Waals surface area contributed by atoms with Crippen molar-refractivity contribution in [3.8, 4) is 17.1 Å². The Kier molecular flexibility index (Phi) is 4.70. The lowest BCUT2D eigenvalue weighted by molar-refractivity contribution is 0.0696. The fourth-order valence-corrected chi connectivity index (χ4v) is 2.63. The lowest BCUT2D eigenvalue weighted by atomic mass is 10.0. The first-order valence-corrected chi connectivity index (χ1v) is 8.02. The Morgan fingerprint density at radius 2 is 2.04 bits per heavy atom. The van der Waals surface area contributed by atoms with Gasteiger partial charge in [-0.05, 0) is 19.4 Å². The highest BCUT2D eigenvalue weighted by Gasteiger charge is 2.16. The minimum Gasteiger partial charge on any atom is -0.478 e. The topological polar surface area (TPSA) is 80.9 Å². The minimum atomic E-state index is -0.991. The number of hydrogen-bond donors (Lipinski definition) is 1. The van der Waals surface area contributed by atoms with Crippen molar-refractivity contribution in [3.63, 3.8) is 0 Å². The van der Waals surface area contributed by atoms with Gasteiger partial charge in [0.15, 0.2) is 5.82 Å². The largest absolute Gasteiger partial charge is 0.478 e. The summed E-state index contributed by atoms with van der Waals surface area (Å²) in [6.45, 7) is 3.80. The second-order valence-corrected chi connectivity index (χ2v) is 5.46. The molecule has 126 valence electrons. The van der Waals surface area contributed by atoms with Gasteiger partial charge in [-0.3, -0.25) is 0 Å². The van der Waals surface area contributed by atoms with Gasteiger partial charge in [0, 0.05) is 11.1 Å². The number of hydrogen-bond acceptors (Lipinski definition) is 4. The fourth-order valence-electron chi connectivity index (χ4n) is 2.63. The summed E-state index contributed by atoms with van der Waals surface area (Å²) in [5.41, 5.74) is 3.19. The number of aromatic carboxylic acids is 1. The van der Waals surface area contributed by atoms with Crippen LogP contribution in [0.25, 0.3) is 23.2 Å². The van der Waals surface area contributed by atoms with Crippen molar-refractivity contribution in [1.29, 1.82) is 0 Å².